The summed E-state index contributed by atoms with van der Waals surface area (Å²) in [6, 6.07) is 24.6. The van der Waals surface area contributed by atoms with Gasteiger partial charge in [0.05, 0.1) is 35.9 Å². The fraction of sp³-hybridized carbons (Fsp3) is 0.194. The number of fused-ring (bicyclic) bond motifs is 3. The minimum atomic E-state index is -0.830. The Kier molecular flexibility index (Phi) is 8.69. The van der Waals surface area contributed by atoms with Crippen LogP contribution in [0, 0.1) is 5.92 Å². The Morgan fingerprint density at radius 2 is 1.69 bits per heavy atom. The first-order valence-electron chi connectivity index (χ1n) is 15.4. The van der Waals surface area contributed by atoms with E-state index >= 15 is 0 Å². The molecule has 0 aliphatic carbocycles. The first-order chi connectivity index (χ1) is 23.8. The minimum Gasteiger partial charge on any atom is -0.493 e. The van der Waals surface area contributed by atoms with Crippen molar-refractivity contribution >= 4 is 68.9 Å². The summed E-state index contributed by atoms with van der Waals surface area (Å²) < 4.78 is 16.6. The van der Waals surface area contributed by atoms with Gasteiger partial charge in [-0.3, -0.25) is 19.2 Å². The number of anilines is 2. The largest absolute Gasteiger partial charge is 0.493 e. The Morgan fingerprint density at radius 3 is 2.47 bits per heavy atom. The van der Waals surface area contributed by atoms with Crippen LogP contribution in [-0.4, -0.2) is 54.2 Å². The molecule has 3 heterocycles. The summed E-state index contributed by atoms with van der Waals surface area (Å²) >= 11 is 2.16. The normalized spacial score (nSPS) is 18.2. The van der Waals surface area contributed by atoms with Crippen molar-refractivity contribution < 1.29 is 33.4 Å². The quantitative estimate of drug-likeness (QED) is 0.149. The lowest BCUT2D eigenvalue weighted by Crippen LogP contribution is -2.32. The van der Waals surface area contributed by atoms with Gasteiger partial charge >= 0.3 is 10.8 Å². The molecule has 1 saturated heterocycles. The van der Waals surface area contributed by atoms with Crippen molar-refractivity contribution in [3.63, 3.8) is 0 Å². The van der Waals surface area contributed by atoms with E-state index in [0.717, 1.165) is 27.0 Å². The third-order valence-corrected chi connectivity index (χ3v) is 10.8. The molecule has 0 spiro atoms. The predicted octanol–water partition coefficient (Wildman–Crippen LogP) is 5.59. The van der Waals surface area contributed by atoms with Gasteiger partial charge in [0.25, 0.3) is 5.91 Å². The van der Waals surface area contributed by atoms with E-state index in [4.69, 9.17) is 14.2 Å². The van der Waals surface area contributed by atoms with Gasteiger partial charge in [0.15, 0.2) is 18.1 Å². The van der Waals surface area contributed by atoms with Gasteiger partial charge in [0.1, 0.15) is 5.25 Å². The highest BCUT2D eigenvalue weighted by Crippen LogP contribution is 2.53. The number of hydrogen-bond donors (Lipinski definition) is 2. The van der Waals surface area contributed by atoms with E-state index in [0.29, 0.717) is 43.9 Å². The number of imide groups is 1. The third kappa shape index (κ3) is 5.95. The van der Waals surface area contributed by atoms with E-state index in [1.165, 1.54) is 31.0 Å². The molecule has 3 amide bonds. The van der Waals surface area contributed by atoms with Crippen molar-refractivity contribution in [2.75, 3.05) is 30.5 Å². The van der Waals surface area contributed by atoms with Crippen LogP contribution >= 0.6 is 23.1 Å². The summed E-state index contributed by atoms with van der Waals surface area (Å²) in [5.74, 6) is -2.56. The smallest absolute Gasteiger partial charge is 0.338 e. The van der Waals surface area contributed by atoms with Crippen LogP contribution in [-0.2, 0) is 19.1 Å². The number of carbonyl (C=O) groups is 4. The number of esters is 1. The molecule has 4 aromatic carbocycles. The fourth-order valence-corrected chi connectivity index (χ4v) is 8.77. The first-order valence-corrected chi connectivity index (χ1v) is 17.1. The number of thioether (sulfide) groups is 1. The SMILES string of the molecule is CCOC(=O)c1ccc(N2C(=O)C3Sc4[nH]c(=O)sc4C(c4ccc(OCC(=O)Nc5cccc6ccccc56)c(OC)c4)C3C2=O)cc1. The fourth-order valence-electron chi connectivity index (χ4n) is 6.25. The highest BCUT2D eigenvalue weighted by Gasteiger charge is 2.56. The molecular formula is C36H29N3O8S2. The molecular weight excluding hydrogens is 667 g/mol. The molecule has 0 saturated carbocycles. The van der Waals surface area contributed by atoms with Crippen LogP contribution in [0.3, 0.4) is 0 Å². The van der Waals surface area contributed by atoms with Crippen molar-refractivity contribution in [3.8, 4) is 11.5 Å². The second-order valence-electron chi connectivity index (χ2n) is 11.3. The van der Waals surface area contributed by atoms with E-state index in [2.05, 4.69) is 10.3 Å². The van der Waals surface area contributed by atoms with Crippen LogP contribution in [0.15, 0.2) is 94.7 Å². The van der Waals surface area contributed by atoms with Crippen LogP contribution in [0.25, 0.3) is 10.8 Å². The van der Waals surface area contributed by atoms with Crippen molar-refractivity contribution in [3.05, 3.63) is 111 Å². The maximum absolute atomic E-state index is 14.1. The second kappa shape index (κ2) is 13.2. The molecule has 0 radical (unpaired) electrons. The molecule has 3 unspecified atom stereocenters. The van der Waals surface area contributed by atoms with Crippen LogP contribution in [0.4, 0.5) is 11.4 Å². The molecule has 2 aliphatic rings. The van der Waals surface area contributed by atoms with Gasteiger partial charge in [0.2, 0.25) is 11.8 Å². The van der Waals surface area contributed by atoms with Crippen LogP contribution < -0.4 is 24.6 Å². The first kappa shape index (κ1) is 32.2. The zero-order chi connectivity index (χ0) is 34.2. The van der Waals surface area contributed by atoms with E-state index in [9.17, 15) is 24.0 Å². The number of thiazole rings is 1. The zero-order valence-corrected chi connectivity index (χ0v) is 27.9. The van der Waals surface area contributed by atoms with E-state index < -0.39 is 34.9 Å². The highest BCUT2D eigenvalue weighted by atomic mass is 32.2. The molecule has 1 fully saturated rings. The van der Waals surface area contributed by atoms with E-state index in [1.807, 2.05) is 42.5 Å². The van der Waals surface area contributed by atoms with Crippen molar-refractivity contribution in [2.24, 2.45) is 5.92 Å². The van der Waals surface area contributed by atoms with Gasteiger partial charge in [-0.2, -0.15) is 0 Å². The van der Waals surface area contributed by atoms with Gasteiger partial charge in [0, 0.05) is 21.9 Å². The average Bonchev–Trinajstić information content (AvgIpc) is 3.61. The van der Waals surface area contributed by atoms with E-state index in [1.54, 1.807) is 37.3 Å². The summed E-state index contributed by atoms with van der Waals surface area (Å²) in [6.45, 7) is 1.64. The lowest BCUT2D eigenvalue weighted by molar-refractivity contribution is -0.122. The van der Waals surface area contributed by atoms with Gasteiger partial charge in [-0.1, -0.05) is 65.6 Å². The molecule has 0 bridgehead atoms. The van der Waals surface area contributed by atoms with Gasteiger partial charge < -0.3 is 24.5 Å². The summed E-state index contributed by atoms with van der Waals surface area (Å²) in [4.78, 5) is 69.8. The molecule has 1 aromatic heterocycles. The number of hydrogen-bond acceptors (Lipinski definition) is 10. The lowest BCUT2D eigenvalue weighted by Gasteiger charge is -2.30. The number of aromatic amines is 1. The number of benzene rings is 4. The van der Waals surface area contributed by atoms with Gasteiger partial charge in [-0.15, -0.1) is 0 Å². The van der Waals surface area contributed by atoms with Crippen LogP contribution in [0.2, 0.25) is 0 Å². The molecule has 13 heteroatoms. The van der Waals surface area contributed by atoms with Crippen molar-refractivity contribution in [1.82, 2.24) is 4.98 Å². The molecule has 11 nitrogen and oxygen atoms in total. The summed E-state index contributed by atoms with van der Waals surface area (Å²) in [5.41, 5.74) is 1.93. The third-order valence-electron chi connectivity index (χ3n) is 8.43. The van der Waals surface area contributed by atoms with Crippen LogP contribution in [0.5, 0.6) is 11.5 Å². The highest BCUT2D eigenvalue weighted by molar-refractivity contribution is 8.00. The Balaban J connectivity index is 1.15. The Morgan fingerprint density at radius 1 is 0.918 bits per heavy atom. The molecule has 3 atom stereocenters. The Labute approximate surface area is 288 Å². The number of carbonyl (C=O) groups excluding carboxylic acids is 4. The van der Waals surface area contributed by atoms with Crippen LogP contribution in [0.1, 0.15) is 33.6 Å². The lowest BCUT2D eigenvalue weighted by atomic mass is 9.83. The van der Waals surface area contributed by atoms with Crippen molar-refractivity contribution in [2.45, 2.75) is 23.1 Å². The summed E-state index contributed by atoms with van der Waals surface area (Å²) in [5, 5.41) is 4.53. The average molecular weight is 696 g/mol. The number of rotatable bonds is 9. The monoisotopic (exact) mass is 695 g/mol. The van der Waals surface area contributed by atoms with Gasteiger partial charge in [-0.25, -0.2) is 9.69 Å². The maximum atomic E-state index is 14.1. The zero-order valence-electron chi connectivity index (χ0n) is 26.3. The molecule has 248 valence electrons. The number of methoxy groups -OCH3 is 1. The number of ether oxygens (including phenoxy) is 3. The number of nitrogens with zero attached hydrogens (tertiary/aromatic N) is 1. The second-order valence-corrected chi connectivity index (χ2v) is 13.5. The number of nitrogens with one attached hydrogen (secondary N) is 2. The molecule has 2 N–H and O–H groups in total. The van der Waals surface area contributed by atoms with Gasteiger partial charge in [-0.05, 0) is 60.3 Å². The molecule has 2 aliphatic heterocycles. The summed E-state index contributed by atoms with van der Waals surface area (Å²) in [7, 11) is 1.47. The number of H-pyrrole nitrogens is 1. The molecule has 5 aromatic rings. The standard InChI is InChI=1S/C36H29N3O8S2/c1-3-46-35(43)20-11-14-22(15-12-20)39-33(41)29-28(30-32(38-36(44)49-30)48-31(29)34(39)42)21-13-16-25(26(17-21)45-2)47-18-27(40)37-24-10-6-8-19-7-4-5-9-23(19)24/h4-17,28-29,31H,3,18H2,1-2H3,(H,37,40)(H,38,44). The summed E-state index contributed by atoms with van der Waals surface area (Å²) in [6.07, 6.45) is 0. The number of amides is 3. The predicted molar refractivity (Wildman–Crippen MR) is 186 cm³/mol. The topological polar surface area (TPSA) is 144 Å². The molecule has 49 heavy (non-hydrogen) atoms. The number of aromatic nitrogens is 1. The minimum absolute atomic E-state index is 0.219. The molecule has 7 rings (SSSR count). The van der Waals surface area contributed by atoms with E-state index in [-0.39, 0.29) is 24.0 Å². The maximum Gasteiger partial charge on any atom is 0.338 e. The Hall–Kier alpha value is -5.40. The Bertz CT molecular complexity index is 2170. The van der Waals surface area contributed by atoms with Crippen molar-refractivity contribution in [1.29, 1.82) is 0 Å².